The molecule has 0 bridgehead atoms. The molecule has 1 amide bonds. The highest BCUT2D eigenvalue weighted by atomic mass is 16.7. The van der Waals surface area contributed by atoms with Gasteiger partial charge in [-0.2, -0.15) is 0 Å². The number of nitrogens with one attached hydrogen (secondary N) is 1. The minimum Gasteiger partial charge on any atom is -0.502 e. The number of ether oxygens (including phenoxy) is 7. The predicted molar refractivity (Wildman–Crippen MR) is 153 cm³/mol. The van der Waals surface area contributed by atoms with Gasteiger partial charge in [0.2, 0.25) is 18.4 Å². The van der Waals surface area contributed by atoms with Crippen molar-refractivity contribution in [1.82, 2.24) is 5.32 Å². The van der Waals surface area contributed by atoms with Crippen LogP contribution in [0.1, 0.15) is 34.2 Å². The molecular formula is C32H31NO10. The minimum atomic E-state index is -0.646. The van der Waals surface area contributed by atoms with Crippen LogP contribution in [-0.4, -0.2) is 58.8 Å². The Morgan fingerprint density at radius 2 is 1.51 bits per heavy atom. The smallest absolute Gasteiger partial charge is 0.310 e. The van der Waals surface area contributed by atoms with Crippen molar-refractivity contribution in [2.75, 3.05) is 41.8 Å². The number of fused-ring (bicyclic) bond motifs is 3. The van der Waals surface area contributed by atoms with Crippen LogP contribution < -0.4 is 33.7 Å². The van der Waals surface area contributed by atoms with E-state index < -0.39 is 23.8 Å². The number of methoxy groups -OCH3 is 4. The fourth-order valence-corrected chi connectivity index (χ4v) is 6.17. The van der Waals surface area contributed by atoms with Crippen molar-refractivity contribution in [3.8, 4) is 40.2 Å². The highest BCUT2D eigenvalue weighted by molar-refractivity contribution is 5.92. The minimum absolute atomic E-state index is 0.0593. The molecule has 3 aromatic carbocycles. The Bertz CT molecular complexity index is 1590. The largest absolute Gasteiger partial charge is 0.502 e. The molecule has 2 heterocycles. The standard InChI is InChI=1S/C32H31NO10/c1-37-21-7-5-16(9-22(21)38-2)6-8-27(34)33-30-19-13-24-23(42-15-43-24)12-18(19)28(29-20(30)14-41-32(29)36)17-10-25(39-3)31(35)26(11-17)40-4/h5-13,20,28-30,35H,14-15H2,1-4H3,(H,33,34)/b8-6+/t20-,28+,29-,30+/m0/s1. The number of carbonyl (C=O) groups excluding carboxylic acids is 2. The Morgan fingerprint density at radius 3 is 2.16 bits per heavy atom. The lowest BCUT2D eigenvalue weighted by molar-refractivity contribution is -0.141. The third-order valence-electron chi connectivity index (χ3n) is 8.18. The zero-order chi connectivity index (χ0) is 30.2. The van der Waals surface area contributed by atoms with Crippen LogP contribution in [-0.2, 0) is 14.3 Å². The summed E-state index contributed by atoms with van der Waals surface area (Å²) in [6, 6.07) is 11.8. The van der Waals surface area contributed by atoms with Crippen molar-refractivity contribution in [3.63, 3.8) is 0 Å². The van der Waals surface area contributed by atoms with Crippen LogP contribution in [0, 0.1) is 11.8 Å². The number of phenols is 1. The number of hydrogen-bond donors (Lipinski definition) is 2. The normalized spacial score (nSPS) is 21.5. The molecule has 1 fully saturated rings. The van der Waals surface area contributed by atoms with Crippen LogP contribution in [0.4, 0.5) is 0 Å². The number of aromatic hydroxyl groups is 1. The number of carbonyl (C=O) groups is 2. The van der Waals surface area contributed by atoms with Gasteiger partial charge in [0.15, 0.2) is 34.5 Å². The van der Waals surface area contributed by atoms with Gasteiger partial charge < -0.3 is 43.6 Å². The third-order valence-corrected chi connectivity index (χ3v) is 8.18. The van der Waals surface area contributed by atoms with Crippen molar-refractivity contribution < 1.29 is 47.9 Å². The second kappa shape index (κ2) is 11.3. The van der Waals surface area contributed by atoms with Gasteiger partial charge in [-0.1, -0.05) is 6.07 Å². The molecule has 1 aliphatic carbocycles. The zero-order valence-corrected chi connectivity index (χ0v) is 24.0. The SMILES string of the molecule is COc1ccc(/C=C/C(=O)N[C@@H]2c3cc4c(cc3[C@@H](c3cc(OC)c(O)c(OC)c3)[C@H]3C(=O)OC[C@@H]32)OCO4)cc1OC. The van der Waals surface area contributed by atoms with Crippen LogP contribution in [0.5, 0.6) is 40.2 Å². The Hall–Kier alpha value is -5.06. The highest BCUT2D eigenvalue weighted by Crippen LogP contribution is 2.55. The molecule has 0 unspecified atom stereocenters. The highest BCUT2D eigenvalue weighted by Gasteiger charge is 2.53. The molecule has 0 radical (unpaired) electrons. The summed E-state index contributed by atoms with van der Waals surface area (Å²) < 4.78 is 38.5. The van der Waals surface area contributed by atoms with E-state index in [9.17, 15) is 14.7 Å². The molecule has 1 saturated heterocycles. The first-order valence-electron chi connectivity index (χ1n) is 13.6. The molecular weight excluding hydrogens is 558 g/mol. The second-order valence-corrected chi connectivity index (χ2v) is 10.3. The monoisotopic (exact) mass is 589 g/mol. The van der Waals surface area contributed by atoms with Crippen LogP contribution in [0.2, 0.25) is 0 Å². The predicted octanol–water partition coefficient (Wildman–Crippen LogP) is 3.96. The summed E-state index contributed by atoms with van der Waals surface area (Å²) in [4.78, 5) is 26.7. The number of cyclic esters (lactones) is 1. The van der Waals surface area contributed by atoms with Crippen molar-refractivity contribution in [3.05, 3.63) is 70.8 Å². The van der Waals surface area contributed by atoms with Gasteiger partial charge in [0.1, 0.15) is 0 Å². The molecule has 224 valence electrons. The maximum absolute atomic E-state index is 13.3. The van der Waals surface area contributed by atoms with Gasteiger partial charge >= 0.3 is 5.97 Å². The van der Waals surface area contributed by atoms with Crippen LogP contribution in [0.3, 0.4) is 0 Å². The van der Waals surface area contributed by atoms with Crippen molar-refractivity contribution >= 4 is 18.0 Å². The molecule has 3 aromatic rings. The summed E-state index contributed by atoms with van der Waals surface area (Å²) >= 11 is 0. The summed E-state index contributed by atoms with van der Waals surface area (Å²) in [6.07, 6.45) is 3.11. The maximum atomic E-state index is 13.3. The van der Waals surface area contributed by atoms with Gasteiger partial charge in [-0.3, -0.25) is 9.59 Å². The van der Waals surface area contributed by atoms with Crippen molar-refractivity contribution in [2.45, 2.75) is 12.0 Å². The van der Waals surface area contributed by atoms with Crippen molar-refractivity contribution in [1.29, 1.82) is 0 Å². The fourth-order valence-electron chi connectivity index (χ4n) is 6.17. The lowest BCUT2D eigenvalue weighted by Crippen LogP contribution is -2.42. The molecule has 2 N–H and O–H groups in total. The summed E-state index contributed by atoms with van der Waals surface area (Å²) in [6.45, 7) is 0.175. The fraction of sp³-hybridized carbons (Fsp3) is 0.312. The maximum Gasteiger partial charge on any atom is 0.310 e. The second-order valence-electron chi connectivity index (χ2n) is 10.3. The lowest BCUT2D eigenvalue weighted by Gasteiger charge is -2.39. The van der Waals surface area contributed by atoms with Crippen LogP contribution in [0.15, 0.2) is 48.5 Å². The Kier molecular flexibility index (Phi) is 7.39. The van der Waals surface area contributed by atoms with E-state index in [0.29, 0.717) is 28.6 Å². The first-order valence-corrected chi connectivity index (χ1v) is 13.6. The first kappa shape index (κ1) is 28.1. The number of hydrogen-bond acceptors (Lipinski definition) is 10. The average molecular weight is 590 g/mol. The molecule has 0 saturated carbocycles. The molecule has 0 aromatic heterocycles. The van der Waals surface area contributed by atoms with Gasteiger partial charge in [0, 0.05) is 17.9 Å². The van der Waals surface area contributed by atoms with E-state index in [1.165, 1.54) is 20.3 Å². The van der Waals surface area contributed by atoms with E-state index in [4.69, 9.17) is 33.2 Å². The number of esters is 1. The van der Waals surface area contributed by atoms with Gasteiger partial charge in [-0.05, 0) is 64.7 Å². The van der Waals surface area contributed by atoms with Crippen LogP contribution >= 0.6 is 0 Å². The Balaban J connectivity index is 1.40. The molecule has 43 heavy (non-hydrogen) atoms. The van der Waals surface area contributed by atoms with Gasteiger partial charge in [-0.25, -0.2) is 0 Å². The Labute approximate surface area is 247 Å². The third kappa shape index (κ3) is 4.90. The van der Waals surface area contributed by atoms with E-state index in [1.807, 2.05) is 18.2 Å². The molecule has 4 atom stereocenters. The summed E-state index contributed by atoms with van der Waals surface area (Å²) in [5, 5.41) is 13.7. The quantitative estimate of drug-likeness (QED) is 0.294. The summed E-state index contributed by atoms with van der Waals surface area (Å²) in [5.41, 5.74) is 2.95. The number of amides is 1. The summed E-state index contributed by atoms with van der Waals surface area (Å²) in [5.74, 6) is 0.171. The number of phenolic OH excluding ortho intramolecular Hbond substituents is 1. The average Bonchev–Trinajstić information content (AvgIpc) is 3.65. The molecule has 2 aliphatic heterocycles. The molecule has 0 spiro atoms. The lowest BCUT2D eigenvalue weighted by atomic mass is 9.65. The van der Waals surface area contributed by atoms with E-state index in [-0.39, 0.29) is 42.5 Å². The topological polar surface area (TPSA) is 131 Å². The number of benzene rings is 3. The molecule has 6 rings (SSSR count). The molecule has 11 nitrogen and oxygen atoms in total. The van der Waals surface area contributed by atoms with Gasteiger partial charge in [0.25, 0.3) is 0 Å². The van der Waals surface area contributed by atoms with E-state index in [0.717, 1.165) is 16.7 Å². The van der Waals surface area contributed by atoms with Gasteiger partial charge in [0.05, 0.1) is 47.0 Å². The van der Waals surface area contributed by atoms with Gasteiger partial charge in [-0.15, -0.1) is 0 Å². The molecule has 3 aliphatic rings. The van der Waals surface area contributed by atoms with E-state index in [2.05, 4.69) is 5.32 Å². The van der Waals surface area contributed by atoms with E-state index in [1.54, 1.807) is 44.6 Å². The van der Waals surface area contributed by atoms with E-state index >= 15 is 0 Å². The zero-order valence-electron chi connectivity index (χ0n) is 24.0. The van der Waals surface area contributed by atoms with Crippen molar-refractivity contribution in [2.24, 2.45) is 11.8 Å². The number of rotatable bonds is 8. The summed E-state index contributed by atoms with van der Waals surface area (Å²) in [7, 11) is 5.99. The Morgan fingerprint density at radius 1 is 0.860 bits per heavy atom. The molecule has 11 heteroatoms. The van der Waals surface area contributed by atoms with Crippen LogP contribution in [0.25, 0.3) is 6.08 Å². The first-order chi connectivity index (χ1) is 20.9.